The second-order valence-corrected chi connectivity index (χ2v) is 11.1. The second kappa shape index (κ2) is 12.0. The number of furan rings is 1. The lowest BCUT2D eigenvalue weighted by Gasteiger charge is -2.35. The smallest absolute Gasteiger partial charge is 0.273 e. The molecule has 214 valence electrons. The van der Waals surface area contributed by atoms with Crippen molar-refractivity contribution in [3.63, 3.8) is 0 Å². The van der Waals surface area contributed by atoms with Gasteiger partial charge in [-0.3, -0.25) is 19.5 Å². The predicted octanol–water partition coefficient (Wildman–Crippen LogP) is 5.16. The molecule has 2 aromatic carbocycles. The maximum absolute atomic E-state index is 13.2. The van der Waals surface area contributed by atoms with Gasteiger partial charge in [0.15, 0.2) is 10.9 Å². The van der Waals surface area contributed by atoms with E-state index in [1.54, 1.807) is 41.9 Å². The number of hydrogen-bond donors (Lipinski definition) is 0. The van der Waals surface area contributed by atoms with E-state index in [2.05, 4.69) is 20.1 Å². The van der Waals surface area contributed by atoms with E-state index in [0.717, 1.165) is 16.4 Å². The highest BCUT2D eigenvalue weighted by molar-refractivity contribution is 7.98. The molecule has 0 saturated carbocycles. The van der Waals surface area contributed by atoms with Gasteiger partial charge >= 0.3 is 0 Å². The topological polar surface area (TPSA) is 133 Å². The molecule has 1 fully saturated rings. The van der Waals surface area contributed by atoms with Gasteiger partial charge in [-0.05, 0) is 36.4 Å². The van der Waals surface area contributed by atoms with Crippen molar-refractivity contribution in [2.75, 3.05) is 38.2 Å². The third-order valence-electron chi connectivity index (χ3n) is 6.79. The molecule has 6 rings (SSSR count). The molecule has 14 heteroatoms. The summed E-state index contributed by atoms with van der Waals surface area (Å²) in [5.41, 5.74) is 2.16. The molecular weight excluding hydrogens is 578 g/mol. The summed E-state index contributed by atoms with van der Waals surface area (Å²) in [6.45, 7) is 2.34. The van der Waals surface area contributed by atoms with Crippen LogP contribution in [0.5, 0.6) is 5.75 Å². The van der Waals surface area contributed by atoms with Crippen LogP contribution in [0, 0.1) is 10.1 Å². The molecule has 0 unspecified atom stereocenters. The van der Waals surface area contributed by atoms with Crippen LogP contribution in [-0.2, 0) is 5.75 Å². The van der Waals surface area contributed by atoms with E-state index in [4.69, 9.17) is 9.15 Å². The van der Waals surface area contributed by atoms with Crippen LogP contribution in [0.2, 0.25) is 0 Å². The first-order valence-electron chi connectivity index (χ1n) is 13.0. The number of nitro groups is 1. The number of anilines is 1. The van der Waals surface area contributed by atoms with Gasteiger partial charge in [0.05, 0.1) is 29.7 Å². The highest BCUT2D eigenvalue weighted by atomic mass is 32.2. The number of carbonyl (C=O) groups is 1. The monoisotopic (exact) mass is 603 g/mol. The van der Waals surface area contributed by atoms with Gasteiger partial charge in [0, 0.05) is 49.4 Å². The van der Waals surface area contributed by atoms with Crippen molar-refractivity contribution < 1.29 is 18.9 Å². The second-order valence-electron chi connectivity index (χ2n) is 9.26. The highest BCUT2D eigenvalue weighted by Gasteiger charge is 2.25. The fourth-order valence-electron chi connectivity index (χ4n) is 4.68. The molecule has 0 radical (unpaired) electrons. The van der Waals surface area contributed by atoms with Crippen molar-refractivity contribution in [3.8, 4) is 23.0 Å². The van der Waals surface area contributed by atoms with E-state index in [1.807, 2.05) is 34.9 Å². The summed E-state index contributed by atoms with van der Waals surface area (Å²) in [4.78, 5) is 32.3. The Hall–Kier alpha value is -4.69. The minimum Gasteiger partial charge on any atom is -0.495 e. The van der Waals surface area contributed by atoms with Crippen LogP contribution in [0.25, 0.3) is 17.3 Å². The predicted molar refractivity (Wildman–Crippen MR) is 159 cm³/mol. The molecular formula is C28H25N7O5S2. The number of thioether (sulfide) groups is 1. The average Bonchev–Trinajstić information content (AvgIpc) is 3.81. The Bertz CT molecular complexity index is 1690. The number of aromatic nitrogens is 4. The SMILES string of the molecule is COc1ccccc1-n1c(SCc2nc(C(=O)N3CCN(c4ccc([N+](=O)[O-])cc4)CC3)cs2)nnc1-c1ccco1. The molecule has 5 aromatic rings. The van der Waals surface area contributed by atoms with E-state index in [1.165, 1.54) is 35.2 Å². The maximum atomic E-state index is 13.2. The fourth-order valence-corrected chi connectivity index (χ4v) is 6.41. The van der Waals surface area contributed by atoms with Gasteiger partial charge in [0.25, 0.3) is 11.6 Å². The van der Waals surface area contributed by atoms with Gasteiger partial charge < -0.3 is 19.0 Å². The molecule has 12 nitrogen and oxygen atoms in total. The summed E-state index contributed by atoms with van der Waals surface area (Å²) in [6.07, 6.45) is 1.59. The van der Waals surface area contributed by atoms with Crippen LogP contribution in [0.4, 0.5) is 11.4 Å². The van der Waals surface area contributed by atoms with Crippen molar-refractivity contribution in [1.82, 2.24) is 24.6 Å². The molecule has 0 atom stereocenters. The summed E-state index contributed by atoms with van der Waals surface area (Å²) in [7, 11) is 1.62. The summed E-state index contributed by atoms with van der Waals surface area (Å²) in [5.74, 6) is 2.19. The standard InChI is InChI=1S/C28H25N7O5S2/c1-39-23-6-3-2-5-22(23)34-26(24-7-4-16-40-24)30-31-28(34)42-18-25-29-21(17-41-25)27(36)33-14-12-32(13-15-33)19-8-10-20(11-9-19)35(37)38/h2-11,16-17H,12-15,18H2,1H3. The van der Waals surface area contributed by atoms with E-state index in [0.29, 0.717) is 60.1 Å². The number of nitrogens with zero attached hydrogens (tertiary/aromatic N) is 7. The van der Waals surface area contributed by atoms with Gasteiger partial charge in [-0.1, -0.05) is 23.9 Å². The molecule has 0 N–H and O–H groups in total. The van der Waals surface area contributed by atoms with Crippen LogP contribution in [-0.4, -0.2) is 68.8 Å². The molecule has 4 heterocycles. The van der Waals surface area contributed by atoms with Crippen LogP contribution in [0.15, 0.2) is 81.9 Å². The average molecular weight is 604 g/mol. The lowest BCUT2D eigenvalue weighted by atomic mass is 10.2. The van der Waals surface area contributed by atoms with Crippen LogP contribution in [0.3, 0.4) is 0 Å². The minimum absolute atomic E-state index is 0.0584. The van der Waals surface area contributed by atoms with E-state index < -0.39 is 4.92 Å². The first-order valence-corrected chi connectivity index (χ1v) is 14.9. The first kappa shape index (κ1) is 27.5. The van der Waals surface area contributed by atoms with Gasteiger partial charge in [-0.15, -0.1) is 21.5 Å². The number of thiazole rings is 1. The molecule has 1 aliphatic rings. The Morgan fingerprint density at radius 2 is 1.86 bits per heavy atom. The molecule has 0 spiro atoms. The molecule has 0 bridgehead atoms. The van der Waals surface area contributed by atoms with Gasteiger partial charge in [-0.25, -0.2) is 4.98 Å². The number of methoxy groups -OCH3 is 1. The van der Waals surface area contributed by atoms with Gasteiger partial charge in [0.2, 0.25) is 5.82 Å². The van der Waals surface area contributed by atoms with Crippen molar-refractivity contribution in [2.24, 2.45) is 0 Å². The van der Waals surface area contributed by atoms with Crippen molar-refractivity contribution in [1.29, 1.82) is 0 Å². The van der Waals surface area contributed by atoms with Gasteiger partial charge in [0.1, 0.15) is 16.5 Å². The Balaban J connectivity index is 1.12. The summed E-state index contributed by atoms with van der Waals surface area (Å²) >= 11 is 2.89. The number of benzene rings is 2. The largest absolute Gasteiger partial charge is 0.495 e. The Labute approximate surface area is 248 Å². The quantitative estimate of drug-likeness (QED) is 0.126. The molecule has 1 saturated heterocycles. The lowest BCUT2D eigenvalue weighted by Crippen LogP contribution is -2.48. The number of para-hydroxylation sites is 2. The van der Waals surface area contributed by atoms with E-state index in [-0.39, 0.29) is 11.6 Å². The first-order chi connectivity index (χ1) is 20.5. The normalized spacial score (nSPS) is 13.4. The Kier molecular flexibility index (Phi) is 7.88. The molecule has 3 aromatic heterocycles. The lowest BCUT2D eigenvalue weighted by molar-refractivity contribution is -0.384. The number of rotatable bonds is 9. The number of nitro benzene ring substituents is 1. The Morgan fingerprint density at radius 3 is 2.57 bits per heavy atom. The van der Waals surface area contributed by atoms with Crippen LogP contribution in [0.1, 0.15) is 15.5 Å². The van der Waals surface area contributed by atoms with Crippen molar-refractivity contribution >= 4 is 40.4 Å². The maximum Gasteiger partial charge on any atom is 0.273 e. The third kappa shape index (κ3) is 5.58. The van der Waals surface area contributed by atoms with Crippen LogP contribution < -0.4 is 9.64 Å². The summed E-state index contributed by atoms with van der Waals surface area (Å²) in [5, 5.41) is 23.0. The number of hydrogen-bond acceptors (Lipinski definition) is 11. The van der Waals surface area contributed by atoms with E-state index >= 15 is 0 Å². The zero-order valence-corrected chi connectivity index (χ0v) is 24.1. The number of carbonyl (C=O) groups excluding carboxylic acids is 1. The number of amides is 1. The van der Waals surface area contributed by atoms with Crippen molar-refractivity contribution in [2.45, 2.75) is 10.9 Å². The van der Waals surface area contributed by atoms with Crippen molar-refractivity contribution in [3.05, 3.63) is 93.1 Å². The summed E-state index contributed by atoms with van der Waals surface area (Å²) < 4.78 is 13.1. The summed E-state index contributed by atoms with van der Waals surface area (Å²) in [6, 6.07) is 17.7. The molecule has 1 aliphatic heterocycles. The van der Waals surface area contributed by atoms with E-state index in [9.17, 15) is 14.9 Å². The minimum atomic E-state index is -0.412. The number of ether oxygens (including phenoxy) is 1. The molecule has 1 amide bonds. The number of piperazine rings is 1. The zero-order chi connectivity index (χ0) is 29.1. The number of non-ortho nitro benzene ring substituents is 1. The van der Waals surface area contributed by atoms with Crippen LogP contribution >= 0.6 is 23.1 Å². The Morgan fingerprint density at radius 1 is 1.07 bits per heavy atom. The molecule has 42 heavy (non-hydrogen) atoms. The highest BCUT2D eigenvalue weighted by Crippen LogP contribution is 2.34. The third-order valence-corrected chi connectivity index (χ3v) is 8.76. The van der Waals surface area contributed by atoms with Gasteiger partial charge in [-0.2, -0.15) is 0 Å². The zero-order valence-electron chi connectivity index (χ0n) is 22.5. The molecule has 0 aliphatic carbocycles. The fraction of sp³-hybridized carbons (Fsp3) is 0.214.